The number of nitrogen functional groups attached to an aromatic ring is 1. The summed E-state index contributed by atoms with van der Waals surface area (Å²) in [6, 6.07) is 7.78. The highest BCUT2D eigenvalue weighted by Gasteiger charge is 2.20. The molecule has 0 aliphatic heterocycles. The van der Waals surface area contributed by atoms with Gasteiger partial charge in [-0.1, -0.05) is 6.07 Å². The molecule has 102 valence electrons. The second-order valence-electron chi connectivity index (χ2n) is 4.44. The van der Waals surface area contributed by atoms with Crippen LogP contribution in [0.3, 0.4) is 0 Å². The second kappa shape index (κ2) is 5.22. The van der Waals surface area contributed by atoms with Crippen molar-refractivity contribution in [2.24, 2.45) is 0 Å². The average Bonchev–Trinajstić information content (AvgIpc) is 3.07. The Balaban J connectivity index is 1.90. The summed E-state index contributed by atoms with van der Waals surface area (Å²) in [5.41, 5.74) is 7.25. The summed E-state index contributed by atoms with van der Waals surface area (Å²) >= 11 is 3.04. The fourth-order valence-corrected chi connectivity index (χ4v) is 3.82. The number of fused-ring (bicyclic) bond motifs is 1. The normalized spacial score (nSPS) is 10.8. The van der Waals surface area contributed by atoms with E-state index in [0.717, 1.165) is 9.58 Å². The predicted molar refractivity (Wildman–Crippen MR) is 84.1 cm³/mol. The van der Waals surface area contributed by atoms with E-state index < -0.39 is 0 Å². The zero-order valence-electron chi connectivity index (χ0n) is 10.9. The van der Waals surface area contributed by atoms with Gasteiger partial charge < -0.3 is 10.6 Å². The maximum atomic E-state index is 12.5. The van der Waals surface area contributed by atoms with E-state index >= 15 is 0 Å². The fraction of sp³-hybridized carbons (Fsp3) is 0.143. The van der Waals surface area contributed by atoms with Gasteiger partial charge in [-0.3, -0.25) is 9.78 Å². The van der Waals surface area contributed by atoms with Crippen molar-refractivity contribution in [1.29, 1.82) is 0 Å². The van der Waals surface area contributed by atoms with Crippen molar-refractivity contribution in [3.05, 3.63) is 45.6 Å². The Labute approximate surface area is 124 Å². The number of carbonyl (C=O) groups excluding carboxylic acids is 1. The molecule has 3 heterocycles. The third-order valence-electron chi connectivity index (χ3n) is 3.00. The summed E-state index contributed by atoms with van der Waals surface area (Å²) in [4.78, 5) is 20.1. The number of carbonyl (C=O) groups is 1. The van der Waals surface area contributed by atoms with Crippen LogP contribution in [0.5, 0.6) is 0 Å². The van der Waals surface area contributed by atoms with Crippen LogP contribution in [-0.4, -0.2) is 22.8 Å². The van der Waals surface area contributed by atoms with E-state index in [9.17, 15) is 4.79 Å². The van der Waals surface area contributed by atoms with E-state index in [1.807, 2.05) is 29.6 Å². The Bertz CT molecular complexity index is 749. The van der Waals surface area contributed by atoms with E-state index in [1.54, 1.807) is 29.5 Å². The molecule has 0 aromatic carbocycles. The van der Waals surface area contributed by atoms with Crippen molar-refractivity contribution < 1.29 is 4.79 Å². The molecule has 1 amide bonds. The highest BCUT2D eigenvalue weighted by Crippen LogP contribution is 2.32. The highest BCUT2D eigenvalue weighted by atomic mass is 32.1. The fourth-order valence-electron chi connectivity index (χ4n) is 1.99. The standard InChI is InChI=1S/C14H13N3OS2/c1-17(8-9-4-3-7-19-9)14(18)13-11(15)12-10(20-13)5-2-6-16-12/h2-7H,8,15H2,1H3. The van der Waals surface area contributed by atoms with Crippen LogP contribution in [0.25, 0.3) is 10.2 Å². The number of thiophene rings is 2. The number of hydrogen-bond acceptors (Lipinski definition) is 5. The van der Waals surface area contributed by atoms with Crippen molar-refractivity contribution >= 4 is 44.5 Å². The molecule has 2 N–H and O–H groups in total. The van der Waals surface area contributed by atoms with Crippen molar-refractivity contribution in [2.45, 2.75) is 6.54 Å². The third-order valence-corrected chi connectivity index (χ3v) is 5.01. The number of aromatic nitrogens is 1. The van der Waals surface area contributed by atoms with Gasteiger partial charge in [-0.15, -0.1) is 22.7 Å². The highest BCUT2D eigenvalue weighted by molar-refractivity contribution is 7.21. The summed E-state index contributed by atoms with van der Waals surface area (Å²) in [5.74, 6) is -0.0566. The topological polar surface area (TPSA) is 59.2 Å². The molecule has 6 heteroatoms. The van der Waals surface area contributed by atoms with Gasteiger partial charge in [0, 0.05) is 18.1 Å². The third kappa shape index (κ3) is 2.28. The predicted octanol–water partition coefficient (Wildman–Crippen LogP) is 3.21. The van der Waals surface area contributed by atoms with E-state index in [0.29, 0.717) is 22.6 Å². The Morgan fingerprint density at radius 3 is 2.95 bits per heavy atom. The number of nitrogens with two attached hydrogens (primary N) is 1. The van der Waals surface area contributed by atoms with Gasteiger partial charge >= 0.3 is 0 Å². The van der Waals surface area contributed by atoms with Crippen molar-refractivity contribution in [3.63, 3.8) is 0 Å². The molecule has 0 saturated heterocycles. The summed E-state index contributed by atoms with van der Waals surface area (Å²) in [7, 11) is 1.79. The lowest BCUT2D eigenvalue weighted by atomic mass is 10.3. The van der Waals surface area contributed by atoms with Crippen molar-refractivity contribution in [1.82, 2.24) is 9.88 Å². The van der Waals surface area contributed by atoms with E-state index in [-0.39, 0.29) is 5.91 Å². The van der Waals surface area contributed by atoms with Gasteiger partial charge in [-0.2, -0.15) is 0 Å². The number of nitrogens with zero attached hydrogens (tertiary/aromatic N) is 2. The van der Waals surface area contributed by atoms with Crippen molar-refractivity contribution in [2.75, 3.05) is 12.8 Å². The molecule has 20 heavy (non-hydrogen) atoms. The summed E-state index contributed by atoms with van der Waals surface area (Å²) in [6.45, 7) is 0.595. The minimum absolute atomic E-state index is 0.0566. The van der Waals surface area contributed by atoms with Gasteiger partial charge in [0.2, 0.25) is 0 Å². The van der Waals surface area contributed by atoms with Crippen LogP contribution in [0.15, 0.2) is 35.8 Å². The molecule has 0 aliphatic rings. The molecule has 0 bridgehead atoms. The maximum absolute atomic E-state index is 12.5. The minimum atomic E-state index is -0.0566. The number of anilines is 1. The lowest BCUT2D eigenvalue weighted by Crippen LogP contribution is -2.25. The molecule has 3 aromatic rings. The van der Waals surface area contributed by atoms with Crippen LogP contribution in [-0.2, 0) is 6.54 Å². The quantitative estimate of drug-likeness (QED) is 0.808. The molecule has 0 atom stereocenters. The number of amides is 1. The zero-order valence-corrected chi connectivity index (χ0v) is 12.5. The monoisotopic (exact) mass is 303 g/mol. The van der Waals surface area contributed by atoms with Crippen LogP contribution in [0, 0.1) is 0 Å². The second-order valence-corrected chi connectivity index (χ2v) is 6.52. The molecule has 0 spiro atoms. The lowest BCUT2D eigenvalue weighted by molar-refractivity contribution is 0.0792. The first kappa shape index (κ1) is 13.1. The van der Waals surface area contributed by atoms with E-state index in [1.165, 1.54) is 11.3 Å². The van der Waals surface area contributed by atoms with Gasteiger partial charge in [0.1, 0.15) is 10.4 Å². The summed E-state index contributed by atoms with van der Waals surface area (Å²) < 4.78 is 0.942. The first-order valence-corrected chi connectivity index (χ1v) is 7.77. The molecule has 0 fully saturated rings. The molecule has 0 aliphatic carbocycles. The molecule has 4 nitrogen and oxygen atoms in total. The Kier molecular flexibility index (Phi) is 3.42. The molecule has 3 aromatic heterocycles. The van der Waals surface area contributed by atoms with Crippen LogP contribution in [0.1, 0.15) is 14.5 Å². The number of pyridine rings is 1. The zero-order chi connectivity index (χ0) is 14.1. The van der Waals surface area contributed by atoms with Crippen molar-refractivity contribution in [3.8, 4) is 0 Å². The van der Waals surface area contributed by atoms with Gasteiger partial charge in [0.15, 0.2) is 0 Å². The van der Waals surface area contributed by atoms with Crippen LogP contribution in [0.4, 0.5) is 5.69 Å². The minimum Gasteiger partial charge on any atom is -0.396 e. The molecule has 0 saturated carbocycles. The van der Waals surface area contributed by atoms with Crippen LogP contribution >= 0.6 is 22.7 Å². The number of rotatable bonds is 3. The molecule has 0 radical (unpaired) electrons. The maximum Gasteiger partial charge on any atom is 0.266 e. The first-order chi connectivity index (χ1) is 9.66. The molecular weight excluding hydrogens is 290 g/mol. The largest absolute Gasteiger partial charge is 0.396 e. The first-order valence-electron chi connectivity index (χ1n) is 6.07. The SMILES string of the molecule is CN(Cc1cccs1)C(=O)c1sc2cccnc2c1N. The van der Waals surface area contributed by atoms with E-state index in [2.05, 4.69) is 4.98 Å². The van der Waals surface area contributed by atoms with Crippen LogP contribution in [0.2, 0.25) is 0 Å². The van der Waals surface area contributed by atoms with Crippen LogP contribution < -0.4 is 5.73 Å². The average molecular weight is 303 g/mol. The lowest BCUT2D eigenvalue weighted by Gasteiger charge is -2.15. The molecular formula is C14H13N3OS2. The summed E-state index contributed by atoms with van der Waals surface area (Å²) in [6.07, 6.45) is 1.69. The number of hydrogen-bond donors (Lipinski definition) is 1. The van der Waals surface area contributed by atoms with Gasteiger partial charge in [0.25, 0.3) is 5.91 Å². The van der Waals surface area contributed by atoms with Gasteiger partial charge in [-0.25, -0.2) is 0 Å². The Morgan fingerprint density at radius 1 is 1.40 bits per heavy atom. The Hall–Kier alpha value is -1.92. The smallest absolute Gasteiger partial charge is 0.266 e. The van der Waals surface area contributed by atoms with Gasteiger partial charge in [-0.05, 0) is 23.6 Å². The van der Waals surface area contributed by atoms with Gasteiger partial charge in [0.05, 0.1) is 16.9 Å². The summed E-state index contributed by atoms with van der Waals surface area (Å²) in [5, 5.41) is 2.01. The van der Waals surface area contributed by atoms with E-state index in [4.69, 9.17) is 5.73 Å². The molecule has 0 unspecified atom stereocenters. The molecule has 3 rings (SSSR count). The Morgan fingerprint density at radius 2 is 2.25 bits per heavy atom.